The van der Waals surface area contributed by atoms with Gasteiger partial charge < -0.3 is 16.0 Å². The van der Waals surface area contributed by atoms with Crippen molar-refractivity contribution in [2.75, 3.05) is 13.1 Å². The number of carbonyl (C=O) groups is 3. The van der Waals surface area contributed by atoms with Gasteiger partial charge in [0.2, 0.25) is 5.91 Å². The van der Waals surface area contributed by atoms with Gasteiger partial charge in [0.15, 0.2) is 0 Å². The fraction of sp³-hybridized carbons (Fsp3) is 0.812. The van der Waals surface area contributed by atoms with E-state index < -0.39 is 11.6 Å². The van der Waals surface area contributed by atoms with Gasteiger partial charge in [-0.25, -0.2) is 4.79 Å². The maximum Gasteiger partial charge on any atom is 0.325 e. The molecule has 2 unspecified atom stereocenters. The lowest BCUT2D eigenvalue weighted by Crippen LogP contribution is -2.54. The largest absolute Gasteiger partial charge is 0.337 e. The molecule has 8 heteroatoms. The Morgan fingerprint density at radius 1 is 1.33 bits per heavy atom. The molecule has 4 amide bonds. The monoisotopic (exact) mass is 360 g/mol. The van der Waals surface area contributed by atoms with E-state index in [1.54, 1.807) is 4.90 Å². The first kappa shape index (κ1) is 20.7. The van der Waals surface area contributed by atoms with Crippen molar-refractivity contribution in [1.82, 2.24) is 15.1 Å². The zero-order chi connectivity index (χ0) is 17.2. The Labute approximate surface area is 149 Å². The lowest BCUT2D eigenvalue weighted by atomic mass is 9.93. The van der Waals surface area contributed by atoms with Crippen LogP contribution in [0.5, 0.6) is 0 Å². The van der Waals surface area contributed by atoms with Gasteiger partial charge in [-0.2, -0.15) is 0 Å². The molecule has 2 atom stereocenters. The topological polar surface area (TPSA) is 95.7 Å². The molecule has 138 valence electrons. The van der Waals surface area contributed by atoms with E-state index in [2.05, 4.69) is 5.32 Å². The van der Waals surface area contributed by atoms with Crippen LogP contribution in [-0.4, -0.2) is 58.4 Å². The number of hydrogen-bond donors (Lipinski definition) is 2. The number of carbonyl (C=O) groups excluding carboxylic acids is 3. The molecule has 0 spiro atoms. The number of likely N-dealkylation sites (tertiary alicyclic amines) is 1. The van der Waals surface area contributed by atoms with Gasteiger partial charge >= 0.3 is 6.03 Å². The summed E-state index contributed by atoms with van der Waals surface area (Å²) in [4.78, 5) is 40.2. The average Bonchev–Trinajstić information content (AvgIpc) is 2.79. The summed E-state index contributed by atoms with van der Waals surface area (Å²) in [5.74, 6) is -0.492. The molecule has 0 aliphatic carbocycles. The number of imide groups is 1. The summed E-state index contributed by atoms with van der Waals surface area (Å²) in [6.07, 6.45) is 3.89. The number of nitrogens with two attached hydrogens (primary N) is 1. The molecule has 7 nitrogen and oxygen atoms in total. The van der Waals surface area contributed by atoms with Gasteiger partial charge in [-0.15, -0.1) is 12.4 Å². The molecule has 0 radical (unpaired) electrons. The minimum Gasteiger partial charge on any atom is -0.337 e. The summed E-state index contributed by atoms with van der Waals surface area (Å²) in [6.45, 7) is 6.06. The second-order valence-corrected chi connectivity index (χ2v) is 6.62. The molecule has 2 rings (SSSR count). The number of nitrogens with zero attached hydrogens (tertiary/aromatic N) is 2. The summed E-state index contributed by atoms with van der Waals surface area (Å²) >= 11 is 0. The minimum atomic E-state index is -0.861. The standard InChI is InChI=1S/C16H28N4O3.ClH/c1-4-16(5-2)14(22)20(15(23)18-16)10-13(21)19-9-7-6-8-12(19)11(3)17;/h11-12H,4-10,17H2,1-3H3,(H,18,23);1H. The third kappa shape index (κ3) is 3.67. The van der Waals surface area contributed by atoms with Crippen molar-refractivity contribution >= 4 is 30.3 Å². The molecule has 2 aliphatic rings. The lowest BCUT2D eigenvalue weighted by Gasteiger charge is -2.38. The molecule has 0 aromatic carbocycles. The molecule has 3 N–H and O–H groups in total. The summed E-state index contributed by atoms with van der Waals surface area (Å²) in [5.41, 5.74) is 5.13. The van der Waals surface area contributed by atoms with Gasteiger partial charge in [-0.05, 0) is 39.0 Å². The highest BCUT2D eigenvalue weighted by molar-refractivity contribution is 6.09. The van der Waals surface area contributed by atoms with Crippen molar-refractivity contribution in [3.63, 3.8) is 0 Å². The number of rotatable bonds is 5. The summed E-state index contributed by atoms with van der Waals surface area (Å²) in [5, 5.41) is 2.75. The van der Waals surface area contributed by atoms with Crippen LogP contribution in [0.2, 0.25) is 0 Å². The quantitative estimate of drug-likeness (QED) is 0.721. The average molecular weight is 361 g/mol. The van der Waals surface area contributed by atoms with Crippen LogP contribution >= 0.6 is 12.4 Å². The van der Waals surface area contributed by atoms with Crippen molar-refractivity contribution in [2.45, 2.75) is 70.5 Å². The van der Waals surface area contributed by atoms with Crippen LogP contribution < -0.4 is 11.1 Å². The Hall–Kier alpha value is -1.34. The van der Waals surface area contributed by atoms with E-state index in [1.807, 2.05) is 20.8 Å². The molecule has 0 aromatic heterocycles. The second-order valence-electron chi connectivity index (χ2n) is 6.62. The fourth-order valence-corrected chi connectivity index (χ4v) is 3.59. The van der Waals surface area contributed by atoms with E-state index in [4.69, 9.17) is 5.73 Å². The van der Waals surface area contributed by atoms with E-state index in [1.165, 1.54) is 0 Å². The molecule has 2 aliphatic heterocycles. The Morgan fingerprint density at radius 2 is 1.96 bits per heavy atom. The van der Waals surface area contributed by atoms with Crippen molar-refractivity contribution in [3.8, 4) is 0 Å². The fourth-order valence-electron chi connectivity index (χ4n) is 3.59. The van der Waals surface area contributed by atoms with E-state index in [9.17, 15) is 14.4 Å². The predicted octanol–water partition coefficient (Wildman–Crippen LogP) is 1.25. The van der Waals surface area contributed by atoms with Crippen molar-refractivity contribution in [1.29, 1.82) is 0 Å². The first-order chi connectivity index (χ1) is 10.9. The Kier molecular flexibility index (Phi) is 7.04. The number of urea groups is 1. The van der Waals surface area contributed by atoms with Gasteiger partial charge in [0.25, 0.3) is 5.91 Å². The Bertz CT molecular complexity index is 494. The highest BCUT2D eigenvalue weighted by atomic mass is 35.5. The van der Waals surface area contributed by atoms with Crippen molar-refractivity contribution < 1.29 is 14.4 Å². The molecule has 0 bridgehead atoms. The van der Waals surface area contributed by atoms with E-state index >= 15 is 0 Å². The van der Waals surface area contributed by atoms with Gasteiger partial charge in [0, 0.05) is 18.6 Å². The number of halogens is 1. The highest BCUT2D eigenvalue weighted by Gasteiger charge is 2.49. The maximum absolute atomic E-state index is 12.6. The van der Waals surface area contributed by atoms with E-state index in [0.717, 1.165) is 24.2 Å². The van der Waals surface area contributed by atoms with E-state index in [-0.39, 0.29) is 42.8 Å². The number of amides is 4. The maximum atomic E-state index is 12.6. The third-order valence-electron chi connectivity index (χ3n) is 5.22. The molecular weight excluding hydrogens is 332 g/mol. The third-order valence-corrected chi connectivity index (χ3v) is 5.22. The minimum absolute atomic E-state index is 0. The van der Waals surface area contributed by atoms with Crippen LogP contribution in [0.25, 0.3) is 0 Å². The molecule has 0 aromatic rings. The Balaban J connectivity index is 0.00000288. The van der Waals surface area contributed by atoms with Gasteiger partial charge in [-0.3, -0.25) is 14.5 Å². The molecule has 0 saturated carbocycles. The van der Waals surface area contributed by atoms with Crippen LogP contribution in [0, 0.1) is 0 Å². The van der Waals surface area contributed by atoms with Crippen LogP contribution in [0.4, 0.5) is 4.79 Å². The highest BCUT2D eigenvalue weighted by Crippen LogP contribution is 2.26. The van der Waals surface area contributed by atoms with Crippen LogP contribution in [0.15, 0.2) is 0 Å². The van der Waals surface area contributed by atoms with Crippen molar-refractivity contribution in [2.24, 2.45) is 5.73 Å². The van der Waals surface area contributed by atoms with Crippen molar-refractivity contribution in [3.05, 3.63) is 0 Å². The molecule has 2 heterocycles. The summed E-state index contributed by atoms with van der Waals surface area (Å²) in [6, 6.07) is -0.603. The molecule has 24 heavy (non-hydrogen) atoms. The number of hydrogen-bond acceptors (Lipinski definition) is 4. The number of nitrogens with one attached hydrogen (secondary N) is 1. The Morgan fingerprint density at radius 3 is 2.46 bits per heavy atom. The van der Waals surface area contributed by atoms with Crippen LogP contribution in [0.3, 0.4) is 0 Å². The number of piperidine rings is 1. The first-order valence-electron chi connectivity index (χ1n) is 8.55. The summed E-state index contributed by atoms with van der Waals surface area (Å²) < 4.78 is 0. The van der Waals surface area contributed by atoms with Gasteiger partial charge in [-0.1, -0.05) is 13.8 Å². The zero-order valence-electron chi connectivity index (χ0n) is 14.7. The van der Waals surface area contributed by atoms with Crippen LogP contribution in [0.1, 0.15) is 52.9 Å². The zero-order valence-corrected chi connectivity index (χ0v) is 15.5. The smallest absolute Gasteiger partial charge is 0.325 e. The van der Waals surface area contributed by atoms with Crippen LogP contribution in [-0.2, 0) is 9.59 Å². The first-order valence-corrected chi connectivity index (χ1v) is 8.55. The summed E-state index contributed by atoms with van der Waals surface area (Å²) in [7, 11) is 0. The van der Waals surface area contributed by atoms with E-state index in [0.29, 0.717) is 19.4 Å². The van der Waals surface area contributed by atoms with Gasteiger partial charge in [0.1, 0.15) is 12.1 Å². The molecular formula is C16H29ClN4O3. The normalized spacial score (nSPS) is 24.4. The SMILES string of the molecule is CCC1(CC)NC(=O)N(CC(=O)N2CCCCC2C(C)N)C1=O.Cl. The molecule has 2 saturated heterocycles. The lowest BCUT2D eigenvalue weighted by molar-refractivity contribution is -0.141. The second kappa shape index (κ2) is 8.16. The molecule has 2 fully saturated rings. The van der Waals surface area contributed by atoms with Gasteiger partial charge in [0.05, 0.1) is 0 Å². The predicted molar refractivity (Wildman–Crippen MR) is 93.8 cm³/mol.